The van der Waals surface area contributed by atoms with Crippen molar-refractivity contribution >= 4 is 11.5 Å². The fourth-order valence-corrected chi connectivity index (χ4v) is 5.95. The van der Waals surface area contributed by atoms with Crippen LogP contribution in [0.4, 0.5) is 14.6 Å². The second-order valence-corrected chi connectivity index (χ2v) is 10.6. The van der Waals surface area contributed by atoms with Crippen molar-refractivity contribution in [3.8, 4) is 11.1 Å². The number of hydrogen-bond acceptors (Lipinski definition) is 5. The summed E-state index contributed by atoms with van der Waals surface area (Å²) in [6, 6.07) is 14.0. The van der Waals surface area contributed by atoms with E-state index < -0.39 is 5.82 Å². The van der Waals surface area contributed by atoms with Gasteiger partial charge in [0, 0.05) is 56.6 Å². The molecule has 0 spiro atoms. The molecule has 2 saturated heterocycles. The number of rotatable bonds is 6. The number of likely N-dealkylation sites (N-methyl/N-ethyl adjacent to an activating group) is 1. The van der Waals surface area contributed by atoms with Crippen molar-refractivity contribution in [2.45, 2.75) is 32.9 Å². The van der Waals surface area contributed by atoms with E-state index in [1.165, 1.54) is 23.8 Å². The molecule has 2 fully saturated rings. The van der Waals surface area contributed by atoms with Crippen molar-refractivity contribution in [2.24, 2.45) is 5.92 Å². The average Bonchev–Trinajstić information content (AvgIpc) is 3.54. The Labute approximate surface area is 222 Å². The van der Waals surface area contributed by atoms with Gasteiger partial charge in [0.05, 0.1) is 12.2 Å². The smallest absolute Gasteiger partial charge is 0.165 e. The molecule has 0 amide bonds. The van der Waals surface area contributed by atoms with Gasteiger partial charge in [-0.25, -0.2) is 18.3 Å². The number of aromatic nitrogens is 3. The molecule has 6 rings (SSSR count). The van der Waals surface area contributed by atoms with E-state index >= 15 is 0 Å². The Bertz CT molecular complexity index is 1410. The highest BCUT2D eigenvalue weighted by Gasteiger charge is 2.35. The Morgan fingerprint density at radius 1 is 0.921 bits per heavy atom. The lowest BCUT2D eigenvalue weighted by Gasteiger charge is -2.34. The van der Waals surface area contributed by atoms with Crippen molar-refractivity contribution in [3.05, 3.63) is 83.7 Å². The molecule has 0 N–H and O–H groups in total. The molecule has 6 nitrogen and oxygen atoms in total. The summed E-state index contributed by atoms with van der Waals surface area (Å²) < 4.78 is 30.6. The van der Waals surface area contributed by atoms with E-state index in [1.54, 1.807) is 4.52 Å². The van der Waals surface area contributed by atoms with E-state index in [2.05, 4.69) is 57.9 Å². The Morgan fingerprint density at radius 2 is 1.68 bits per heavy atom. The van der Waals surface area contributed by atoms with E-state index in [4.69, 9.17) is 4.98 Å². The molecule has 0 radical (unpaired) electrons. The summed E-state index contributed by atoms with van der Waals surface area (Å²) in [5.74, 6) is 0.119. The third-order valence-corrected chi connectivity index (χ3v) is 8.21. The minimum Gasteiger partial charge on any atom is -0.349 e. The molecular weight excluding hydrogens is 482 g/mol. The van der Waals surface area contributed by atoms with Gasteiger partial charge in [-0.3, -0.25) is 4.90 Å². The first-order chi connectivity index (χ1) is 18.5. The molecule has 2 aromatic heterocycles. The first-order valence-electron chi connectivity index (χ1n) is 13.6. The van der Waals surface area contributed by atoms with Crippen molar-refractivity contribution in [1.82, 2.24) is 24.4 Å². The molecule has 8 heteroatoms. The number of halogens is 2. The van der Waals surface area contributed by atoms with Crippen LogP contribution in [-0.2, 0) is 6.54 Å². The summed E-state index contributed by atoms with van der Waals surface area (Å²) in [5, 5.41) is 4.52. The third-order valence-electron chi connectivity index (χ3n) is 8.21. The molecule has 2 aliphatic rings. The summed E-state index contributed by atoms with van der Waals surface area (Å²) in [5.41, 5.74) is 4.46. The van der Waals surface area contributed by atoms with Gasteiger partial charge < -0.3 is 9.80 Å². The van der Waals surface area contributed by atoms with E-state index in [0.29, 0.717) is 5.56 Å². The number of hydrogen-bond donors (Lipinski definition) is 0. The topological polar surface area (TPSA) is 39.9 Å². The van der Waals surface area contributed by atoms with Crippen molar-refractivity contribution in [2.75, 3.05) is 44.2 Å². The number of fused-ring (bicyclic) bond motifs is 1. The first kappa shape index (κ1) is 24.9. The highest BCUT2D eigenvalue weighted by Crippen LogP contribution is 2.41. The summed E-state index contributed by atoms with van der Waals surface area (Å²) >= 11 is 0. The molecule has 38 heavy (non-hydrogen) atoms. The van der Waals surface area contributed by atoms with Crippen molar-refractivity contribution in [1.29, 1.82) is 0 Å². The number of nitrogens with zero attached hydrogens (tertiary/aromatic N) is 6. The number of piperazine rings is 1. The van der Waals surface area contributed by atoms with Crippen LogP contribution in [0, 0.1) is 17.6 Å². The molecule has 0 unspecified atom stereocenters. The standard InChI is InChI=1S/C30H34F2N6/c1-3-35-14-16-36(17-15-35)20-22-4-6-23(7-5-22)26-19-33-38-13-11-28(34-30(26)38)37-12-10-21(2)29(37)25-18-24(31)8-9-27(25)32/h4-9,11,13,18-19,21,29H,3,10,12,14-17,20H2,1-2H3/t21-,29-/m1/s1. The van der Waals surface area contributed by atoms with Gasteiger partial charge in [-0.1, -0.05) is 38.1 Å². The Hall–Kier alpha value is -3.36. The minimum absolute atomic E-state index is 0.172. The van der Waals surface area contributed by atoms with Crippen LogP contribution in [0.3, 0.4) is 0 Å². The molecule has 2 aliphatic heterocycles. The Morgan fingerprint density at radius 3 is 2.45 bits per heavy atom. The Kier molecular flexibility index (Phi) is 6.84. The van der Waals surface area contributed by atoms with Crippen LogP contribution in [0.2, 0.25) is 0 Å². The lowest BCUT2D eigenvalue weighted by Crippen LogP contribution is -2.45. The molecule has 198 valence electrons. The van der Waals surface area contributed by atoms with Gasteiger partial charge in [0.1, 0.15) is 17.5 Å². The maximum absolute atomic E-state index is 14.8. The zero-order chi connectivity index (χ0) is 26.2. The highest BCUT2D eigenvalue weighted by atomic mass is 19.1. The van der Waals surface area contributed by atoms with E-state index in [-0.39, 0.29) is 17.8 Å². The van der Waals surface area contributed by atoms with Gasteiger partial charge in [-0.15, -0.1) is 0 Å². The Balaban J connectivity index is 1.25. The predicted octanol–water partition coefficient (Wildman–Crippen LogP) is 5.40. The molecule has 2 atom stereocenters. The zero-order valence-electron chi connectivity index (χ0n) is 22.0. The normalized spacial score (nSPS) is 21.0. The van der Waals surface area contributed by atoms with Crippen LogP contribution in [0.15, 0.2) is 60.9 Å². The van der Waals surface area contributed by atoms with E-state index in [9.17, 15) is 8.78 Å². The van der Waals surface area contributed by atoms with Gasteiger partial charge in [0.2, 0.25) is 0 Å². The summed E-state index contributed by atoms with van der Waals surface area (Å²) in [6.45, 7) is 11.6. The van der Waals surface area contributed by atoms with Crippen LogP contribution in [-0.4, -0.2) is 63.7 Å². The quantitative estimate of drug-likeness (QED) is 0.343. The maximum atomic E-state index is 14.8. The van der Waals surface area contributed by atoms with Gasteiger partial charge in [0.15, 0.2) is 5.65 Å². The van der Waals surface area contributed by atoms with Gasteiger partial charge in [-0.05, 0) is 54.3 Å². The van der Waals surface area contributed by atoms with Crippen molar-refractivity contribution in [3.63, 3.8) is 0 Å². The molecular formula is C30H34F2N6. The van der Waals surface area contributed by atoms with Crippen molar-refractivity contribution < 1.29 is 8.78 Å². The predicted molar refractivity (Wildman–Crippen MR) is 146 cm³/mol. The monoisotopic (exact) mass is 516 g/mol. The average molecular weight is 517 g/mol. The summed E-state index contributed by atoms with van der Waals surface area (Å²) in [7, 11) is 0. The second-order valence-electron chi connectivity index (χ2n) is 10.6. The molecule has 4 aromatic rings. The fourth-order valence-electron chi connectivity index (χ4n) is 5.95. The lowest BCUT2D eigenvalue weighted by atomic mass is 9.95. The molecule has 0 aliphatic carbocycles. The fraction of sp³-hybridized carbons (Fsp3) is 0.400. The molecule has 0 saturated carbocycles. The molecule has 0 bridgehead atoms. The highest BCUT2D eigenvalue weighted by molar-refractivity contribution is 5.78. The zero-order valence-corrected chi connectivity index (χ0v) is 22.0. The van der Waals surface area contributed by atoms with Crippen LogP contribution in [0.25, 0.3) is 16.8 Å². The first-order valence-corrected chi connectivity index (χ1v) is 13.6. The molecule has 2 aromatic carbocycles. The van der Waals surface area contributed by atoms with E-state index in [0.717, 1.165) is 74.8 Å². The van der Waals surface area contributed by atoms with Gasteiger partial charge >= 0.3 is 0 Å². The second kappa shape index (κ2) is 10.4. The van der Waals surface area contributed by atoms with Crippen LogP contribution < -0.4 is 4.90 Å². The van der Waals surface area contributed by atoms with Crippen LogP contribution in [0.5, 0.6) is 0 Å². The van der Waals surface area contributed by atoms with E-state index in [1.807, 2.05) is 18.5 Å². The maximum Gasteiger partial charge on any atom is 0.165 e. The summed E-state index contributed by atoms with van der Waals surface area (Å²) in [4.78, 5) is 12.1. The van der Waals surface area contributed by atoms with Crippen LogP contribution >= 0.6 is 0 Å². The minimum atomic E-state index is -0.423. The number of benzene rings is 2. The van der Waals surface area contributed by atoms with Crippen LogP contribution in [0.1, 0.15) is 37.4 Å². The molecule has 4 heterocycles. The van der Waals surface area contributed by atoms with Gasteiger partial charge in [-0.2, -0.15) is 5.10 Å². The third kappa shape index (κ3) is 4.78. The lowest BCUT2D eigenvalue weighted by molar-refractivity contribution is 0.132. The number of anilines is 1. The SMILES string of the molecule is CCN1CCN(Cc2ccc(-c3cnn4ccc(N5CC[C@@H](C)[C@@H]5c5cc(F)ccc5F)nc34)cc2)CC1. The largest absolute Gasteiger partial charge is 0.349 e. The van der Waals surface area contributed by atoms with Gasteiger partial charge in [0.25, 0.3) is 0 Å². The summed E-state index contributed by atoms with van der Waals surface area (Å²) in [6.07, 6.45) is 4.63.